The van der Waals surface area contributed by atoms with Crippen LogP contribution in [-0.4, -0.2) is 59.3 Å². The third-order valence-electron chi connectivity index (χ3n) is 4.90. The number of methoxy groups -OCH3 is 2. The van der Waals surface area contributed by atoms with Crippen molar-refractivity contribution in [1.82, 2.24) is 0 Å². The number of carbonyl (C=O) groups is 1. The largest absolute Gasteiger partial charge is 1.00 e. The summed E-state index contributed by atoms with van der Waals surface area (Å²) in [6, 6.07) is 3.65. The number of aliphatic hydroxyl groups is 1. The minimum atomic E-state index is -0.614. The standard InChI is InChI=1S/C13H18I2O4.C13H16I2O4.2CH4.B.Na.H/c2*1-5-18-8(3)19-12-9(7(2)16)6-10(14)13(17-4)11(12)15;;;;;/h6-8,16H,5H2,1-4H3;6,8H,5H2,1-4H3;2*1H4;;;/q;;;;;+1;-1. The van der Waals surface area contributed by atoms with E-state index in [0.717, 1.165) is 25.6 Å². The third-order valence-corrected chi connectivity index (χ3v) is 8.46. The molecule has 0 aliphatic heterocycles. The summed E-state index contributed by atoms with van der Waals surface area (Å²) in [4.78, 5) is 11.7. The van der Waals surface area contributed by atoms with Gasteiger partial charge in [0.15, 0.2) is 24.1 Å². The predicted molar refractivity (Wildman–Crippen MR) is 201 cm³/mol. The van der Waals surface area contributed by atoms with E-state index in [1.54, 1.807) is 34.1 Å². The van der Waals surface area contributed by atoms with E-state index in [-0.39, 0.29) is 66.3 Å². The van der Waals surface area contributed by atoms with Crippen LogP contribution in [0.15, 0.2) is 12.1 Å². The van der Waals surface area contributed by atoms with Crippen LogP contribution in [0.3, 0.4) is 0 Å². The molecule has 0 saturated heterocycles. The number of Topliss-reactive ketones (excluding diaryl/α,β-unsaturated/α-hetero) is 1. The van der Waals surface area contributed by atoms with Crippen LogP contribution in [-0.2, 0) is 9.47 Å². The minimum absolute atomic E-state index is 0. The Bertz CT molecular complexity index is 1100. The molecule has 0 amide bonds. The van der Waals surface area contributed by atoms with E-state index in [0.29, 0.717) is 36.0 Å². The summed E-state index contributed by atoms with van der Waals surface area (Å²) in [6.45, 7) is 11.8. The van der Waals surface area contributed by atoms with Gasteiger partial charge in [-0.25, -0.2) is 0 Å². The SMILES string of the molecule is C.C.CCOC(C)Oc1c(C(C)=O)cc(I)c(OC)c1I.CCOC(C)Oc1c(C(C)O)cc(I)c(OC)c1I.[B].[H-].[Na+]. The summed E-state index contributed by atoms with van der Waals surface area (Å²) in [5, 5.41) is 9.89. The van der Waals surface area contributed by atoms with Crippen molar-refractivity contribution in [2.24, 2.45) is 0 Å². The molecule has 3 unspecified atom stereocenters. The molecule has 8 nitrogen and oxygen atoms in total. The van der Waals surface area contributed by atoms with Gasteiger partial charge in [0.2, 0.25) is 0 Å². The second-order valence-corrected chi connectivity index (χ2v) is 12.2. The molecule has 14 heteroatoms. The molecule has 2 aromatic rings. The maximum atomic E-state index is 11.7. The number of rotatable bonds is 12. The number of carbonyl (C=O) groups excluding carboxylic acids is 1. The number of ether oxygens (including phenoxy) is 6. The number of hydrogen-bond donors (Lipinski definition) is 1. The second-order valence-electron chi connectivity index (χ2n) is 7.72. The fourth-order valence-electron chi connectivity index (χ4n) is 3.24. The molecule has 1 N–H and O–H groups in total. The Hall–Kier alpha value is 1.17. The maximum Gasteiger partial charge on any atom is 1.00 e. The van der Waals surface area contributed by atoms with Crippen molar-refractivity contribution in [2.75, 3.05) is 27.4 Å². The number of aliphatic hydroxyl groups excluding tert-OH is 1. The molecule has 0 spiro atoms. The smallest absolute Gasteiger partial charge is 1.00 e. The summed E-state index contributed by atoms with van der Waals surface area (Å²) in [5.74, 6) is 2.56. The van der Waals surface area contributed by atoms with E-state index in [2.05, 4.69) is 90.4 Å². The van der Waals surface area contributed by atoms with Crippen molar-refractivity contribution in [3.63, 3.8) is 0 Å². The monoisotopic (exact) mass is 1050 g/mol. The van der Waals surface area contributed by atoms with Gasteiger partial charge in [0, 0.05) is 27.2 Å². The molecule has 0 bridgehead atoms. The molecule has 0 aromatic heterocycles. The third kappa shape index (κ3) is 14.7. The Morgan fingerprint density at radius 1 is 0.810 bits per heavy atom. The molecule has 3 atom stereocenters. The molecule has 0 saturated carbocycles. The predicted octanol–water partition coefficient (Wildman–Crippen LogP) is 5.60. The van der Waals surface area contributed by atoms with Crippen LogP contribution in [0.5, 0.6) is 23.0 Å². The van der Waals surface area contributed by atoms with Gasteiger partial charge in [-0.2, -0.15) is 0 Å². The van der Waals surface area contributed by atoms with Crippen LogP contribution in [0, 0.1) is 14.3 Å². The fourth-order valence-corrected chi connectivity index (χ4v) is 7.77. The maximum absolute atomic E-state index is 11.7. The van der Waals surface area contributed by atoms with Crippen LogP contribution in [0.1, 0.15) is 79.8 Å². The molecular weight excluding hydrogens is 1010 g/mol. The second kappa shape index (κ2) is 25.3. The van der Waals surface area contributed by atoms with Crippen LogP contribution in [0.2, 0.25) is 0 Å². The van der Waals surface area contributed by atoms with Gasteiger partial charge in [-0.15, -0.1) is 0 Å². The van der Waals surface area contributed by atoms with Gasteiger partial charge in [-0.3, -0.25) is 4.79 Å². The molecule has 42 heavy (non-hydrogen) atoms. The molecule has 3 radical (unpaired) electrons. The number of halogens is 4. The van der Waals surface area contributed by atoms with E-state index >= 15 is 0 Å². The minimum Gasteiger partial charge on any atom is -1.00 e. The van der Waals surface area contributed by atoms with Gasteiger partial charge in [0.1, 0.15) is 17.2 Å². The van der Waals surface area contributed by atoms with Gasteiger partial charge in [0.05, 0.1) is 40.2 Å². The van der Waals surface area contributed by atoms with Gasteiger partial charge in [0.25, 0.3) is 0 Å². The quantitative estimate of drug-likeness (QED) is 0.128. The summed E-state index contributed by atoms with van der Waals surface area (Å²) in [6.07, 6.45) is -1.40. The molecule has 0 heterocycles. The first kappa shape index (κ1) is 50.0. The molecule has 0 fully saturated rings. The van der Waals surface area contributed by atoms with Crippen LogP contribution in [0.25, 0.3) is 0 Å². The average Bonchev–Trinajstić information content (AvgIpc) is 2.83. The molecule has 2 rings (SSSR count). The van der Waals surface area contributed by atoms with E-state index in [1.165, 1.54) is 6.92 Å². The zero-order valence-corrected chi connectivity index (χ0v) is 34.8. The van der Waals surface area contributed by atoms with Gasteiger partial charge >= 0.3 is 29.6 Å². The van der Waals surface area contributed by atoms with Crippen LogP contribution < -0.4 is 48.5 Å². The van der Waals surface area contributed by atoms with Crippen molar-refractivity contribution in [3.8, 4) is 23.0 Å². The first-order valence-electron chi connectivity index (χ1n) is 11.7. The number of ketones is 1. The van der Waals surface area contributed by atoms with Crippen LogP contribution >= 0.6 is 90.4 Å². The van der Waals surface area contributed by atoms with E-state index < -0.39 is 12.4 Å². The van der Waals surface area contributed by atoms with Crippen molar-refractivity contribution < 1.29 is 69.3 Å². The van der Waals surface area contributed by atoms with Crippen molar-refractivity contribution in [3.05, 3.63) is 37.5 Å². The Kier molecular flexibility index (Phi) is 30.1. The Morgan fingerprint density at radius 3 is 1.55 bits per heavy atom. The summed E-state index contributed by atoms with van der Waals surface area (Å²) in [5.41, 5.74) is 1.28. The topological polar surface area (TPSA) is 92.7 Å². The average molecular weight is 1050 g/mol. The van der Waals surface area contributed by atoms with Crippen molar-refractivity contribution in [1.29, 1.82) is 0 Å². The van der Waals surface area contributed by atoms with E-state index in [1.807, 2.05) is 26.8 Å². The van der Waals surface area contributed by atoms with Crippen LogP contribution in [0.4, 0.5) is 0 Å². The van der Waals surface area contributed by atoms with E-state index in [9.17, 15) is 9.90 Å². The fraction of sp³-hybridized carbons (Fsp3) is 0.536. The number of hydrogen-bond acceptors (Lipinski definition) is 8. The first-order valence-corrected chi connectivity index (χ1v) is 16.0. The molecule has 2 aromatic carbocycles. The first-order chi connectivity index (χ1) is 17.8. The van der Waals surface area contributed by atoms with Gasteiger partial charge in [-0.1, -0.05) is 14.9 Å². The van der Waals surface area contributed by atoms with Gasteiger partial charge < -0.3 is 35.0 Å². The van der Waals surface area contributed by atoms with Crippen molar-refractivity contribution >= 4 is 105 Å². The van der Waals surface area contributed by atoms with E-state index in [4.69, 9.17) is 28.4 Å². The zero-order valence-electron chi connectivity index (χ0n) is 25.2. The normalized spacial score (nSPS) is 11.8. The van der Waals surface area contributed by atoms with Gasteiger partial charge in [-0.05, 0) is 144 Å². The zero-order chi connectivity index (χ0) is 29.2. The Balaban J connectivity index is -0.000000201. The Labute approximate surface area is 332 Å². The molecule has 0 aliphatic rings. The molecule has 0 aliphatic carbocycles. The summed E-state index contributed by atoms with van der Waals surface area (Å²) >= 11 is 8.62. The molecule has 235 valence electrons. The Morgan fingerprint density at radius 2 is 1.19 bits per heavy atom. The summed E-state index contributed by atoms with van der Waals surface area (Å²) in [7, 11) is 3.22. The summed E-state index contributed by atoms with van der Waals surface area (Å²) < 4.78 is 36.5. The van der Waals surface area contributed by atoms with Crippen molar-refractivity contribution in [2.45, 2.75) is 75.1 Å². The number of benzene rings is 2. The molecular formula is C28H43BI4NaO8.